The molecule has 4 heteroatoms. The number of hydrogen-bond donors (Lipinski definition) is 1. The van der Waals surface area contributed by atoms with E-state index in [1.165, 1.54) is 10.7 Å². The van der Waals surface area contributed by atoms with Crippen LogP contribution in [0.5, 0.6) is 0 Å². The minimum Gasteiger partial charge on any atom is -0.328 e. The predicted octanol–water partition coefficient (Wildman–Crippen LogP) is 1.90. The van der Waals surface area contributed by atoms with Gasteiger partial charge in [-0.1, -0.05) is 6.07 Å². The maximum atomic E-state index is 13.8. The standard InChI is InChI=1S/C12H14FN3/c1-9(14)7-10-3-4-12(11(13)8-10)16-6-2-5-15-16/h2-6,8-9H,7,14H2,1H3. The van der Waals surface area contributed by atoms with Gasteiger partial charge in [-0.25, -0.2) is 9.07 Å². The molecule has 0 bridgehead atoms. The van der Waals surface area contributed by atoms with Crippen LogP contribution in [0, 0.1) is 5.82 Å². The number of nitrogens with two attached hydrogens (primary N) is 1. The van der Waals surface area contributed by atoms with E-state index >= 15 is 0 Å². The normalized spacial score (nSPS) is 12.7. The van der Waals surface area contributed by atoms with Crippen LogP contribution < -0.4 is 5.73 Å². The van der Waals surface area contributed by atoms with Gasteiger partial charge in [0.1, 0.15) is 11.5 Å². The molecule has 16 heavy (non-hydrogen) atoms. The summed E-state index contributed by atoms with van der Waals surface area (Å²) in [5, 5.41) is 3.99. The lowest BCUT2D eigenvalue weighted by Crippen LogP contribution is -2.17. The third-order valence-corrected chi connectivity index (χ3v) is 2.32. The molecule has 84 valence electrons. The topological polar surface area (TPSA) is 43.8 Å². The highest BCUT2D eigenvalue weighted by Crippen LogP contribution is 2.15. The van der Waals surface area contributed by atoms with Crippen molar-refractivity contribution in [1.82, 2.24) is 9.78 Å². The van der Waals surface area contributed by atoms with Crippen LogP contribution in [0.15, 0.2) is 36.7 Å². The number of nitrogens with zero attached hydrogens (tertiary/aromatic N) is 2. The highest BCUT2D eigenvalue weighted by atomic mass is 19.1. The predicted molar refractivity (Wildman–Crippen MR) is 60.9 cm³/mol. The summed E-state index contributed by atoms with van der Waals surface area (Å²) in [7, 11) is 0. The molecule has 1 atom stereocenters. The number of hydrogen-bond acceptors (Lipinski definition) is 2. The van der Waals surface area contributed by atoms with Crippen LogP contribution >= 0.6 is 0 Å². The van der Waals surface area contributed by atoms with Gasteiger partial charge in [0.2, 0.25) is 0 Å². The van der Waals surface area contributed by atoms with E-state index in [9.17, 15) is 4.39 Å². The van der Waals surface area contributed by atoms with E-state index in [1.807, 2.05) is 13.0 Å². The molecule has 1 unspecified atom stereocenters. The summed E-state index contributed by atoms with van der Waals surface area (Å²) in [6, 6.07) is 6.91. The lowest BCUT2D eigenvalue weighted by atomic mass is 10.1. The minimum absolute atomic E-state index is 0.0370. The van der Waals surface area contributed by atoms with Crippen molar-refractivity contribution < 1.29 is 4.39 Å². The van der Waals surface area contributed by atoms with Crippen molar-refractivity contribution in [3.8, 4) is 5.69 Å². The van der Waals surface area contributed by atoms with Crippen molar-refractivity contribution in [2.75, 3.05) is 0 Å². The molecule has 0 radical (unpaired) electrons. The highest BCUT2D eigenvalue weighted by Gasteiger charge is 2.06. The van der Waals surface area contributed by atoms with Gasteiger partial charge < -0.3 is 5.73 Å². The molecule has 1 heterocycles. The molecule has 0 saturated heterocycles. The van der Waals surface area contributed by atoms with E-state index in [1.54, 1.807) is 24.5 Å². The molecule has 0 spiro atoms. The summed E-state index contributed by atoms with van der Waals surface area (Å²) in [5.74, 6) is -0.276. The van der Waals surface area contributed by atoms with Crippen molar-refractivity contribution in [2.45, 2.75) is 19.4 Å². The van der Waals surface area contributed by atoms with E-state index in [-0.39, 0.29) is 11.9 Å². The first-order valence-electron chi connectivity index (χ1n) is 5.21. The van der Waals surface area contributed by atoms with Gasteiger partial charge in [0.25, 0.3) is 0 Å². The summed E-state index contributed by atoms with van der Waals surface area (Å²) in [6.45, 7) is 1.90. The molecule has 0 aliphatic carbocycles. The van der Waals surface area contributed by atoms with Crippen LogP contribution in [0.3, 0.4) is 0 Å². The second kappa shape index (κ2) is 4.45. The van der Waals surface area contributed by atoms with Crippen molar-refractivity contribution in [2.24, 2.45) is 5.73 Å². The van der Waals surface area contributed by atoms with Gasteiger partial charge in [0, 0.05) is 18.4 Å². The molecule has 0 aliphatic heterocycles. The Kier molecular flexibility index (Phi) is 3.01. The summed E-state index contributed by atoms with van der Waals surface area (Å²) >= 11 is 0. The van der Waals surface area contributed by atoms with Gasteiger partial charge in [-0.2, -0.15) is 5.10 Å². The van der Waals surface area contributed by atoms with Crippen molar-refractivity contribution in [3.05, 3.63) is 48.0 Å². The fraction of sp³-hybridized carbons (Fsp3) is 0.250. The van der Waals surface area contributed by atoms with Crippen LogP contribution in [0.25, 0.3) is 5.69 Å². The van der Waals surface area contributed by atoms with E-state index in [2.05, 4.69) is 5.10 Å². The molecule has 2 rings (SSSR count). The zero-order chi connectivity index (χ0) is 11.5. The number of halogens is 1. The van der Waals surface area contributed by atoms with Gasteiger partial charge in [0.15, 0.2) is 0 Å². The average Bonchev–Trinajstić information content (AvgIpc) is 2.69. The summed E-state index contributed by atoms with van der Waals surface area (Å²) in [4.78, 5) is 0. The quantitative estimate of drug-likeness (QED) is 0.856. The van der Waals surface area contributed by atoms with Crippen molar-refractivity contribution in [3.63, 3.8) is 0 Å². The smallest absolute Gasteiger partial charge is 0.149 e. The summed E-state index contributed by atoms with van der Waals surface area (Å²) < 4.78 is 15.3. The summed E-state index contributed by atoms with van der Waals surface area (Å²) in [5.41, 5.74) is 7.03. The maximum Gasteiger partial charge on any atom is 0.149 e. The lowest BCUT2D eigenvalue weighted by molar-refractivity contribution is 0.606. The van der Waals surface area contributed by atoms with Gasteiger partial charge in [-0.05, 0) is 37.1 Å². The third-order valence-electron chi connectivity index (χ3n) is 2.32. The molecule has 0 saturated carbocycles. The molecule has 1 aromatic heterocycles. The van der Waals surface area contributed by atoms with Crippen LogP contribution in [-0.4, -0.2) is 15.8 Å². The molecule has 0 amide bonds. The molecule has 0 aliphatic rings. The molecule has 1 aromatic carbocycles. The Morgan fingerprint density at radius 1 is 1.50 bits per heavy atom. The number of aromatic nitrogens is 2. The third kappa shape index (κ3) is 2.28. The second-order valence-corrected chi connectivity index (χ2v) is 3.92. The first kappa shape index (κ1) is 10.8. The Balaban J connectivity index is 2.30. The van der Waals surface area contributed by atoms with E-state index in [4.69, 9.17) is 5.73 Å². The van der Waals surface area contributed by atoms with Crippen LogP contribution in [-0.2, 0) is 6.42 Å². The molecule has 2 N–H and O–H groups in total. The van der Waals surface area contributed by atoms with Gasteiger partial charge >= 0.3 is 0 Å². The Hall–Kier alpha value is -1.68. The summed E-state index contributed by atoms with van der Waals surface area (Å²) in [6.07, 6.45) is 4.01. The van der Waals surface area contributed by atoms with Crippen LogP contribution in [0.4, 0.5) is 4.39 Å². The molecular formula is C12H14FN3. The minimum atomic E-state index is -0.276. The lowest BCUT2D eigenvalue weighted by Gasteiger charge is -2.08. The van der Waals surface area contributed by atoms with E-state index in [0.717, 1.165) is 5.56 Å². The van der Waals surface area contributed by atoms with Crippen molar-refractivity contribution in [1.29, 1.82) is 0 Å². The fourth-order valence-corrected chi connectivity index (χ4v) is 1.65. The van der Waals surface area contributed by atoms with Crippen LogP contribution in [0.2, 0.25) is 0 Å². The Morgan fingerprint density at radius 2 is 2.31 bits per heavy atom. The number of benzene rings is 1. The Bertz CT molecular complexity index is 463. The van der Waals surface area contributed by atoms with Gasteiger partial charge in [0.05, 0.1) is 0 Å². The van der Waals surface area contributed by atoms with Crippen LogP contribution in [0.1, 0.15) is 12.5 Å². The fourth-order valence-electron chi connectivity index (χ4n) is 1.65. The zero-order valence-corrected chi connectivity index (χ0v) is 9.10. The zero-order valence-electron chi connectivity index (χ0n) is 9.10. The monoisotopic (exact) mass is 219 g/mol. The molecule has 3 nitrogen and oxygen atoms in total. The van der Waals surface area contributed by atoms with Gasteiger partial charge in [-0.15, -0.1) is 0 Å². The average molecular weight is 219 g/mol. The largest absolute Gasteiger partial charge is 0.328 e. The maximum absolute atomic E-state index is 13.8. The second-order valence-electron chi connectivity index (χ2n) is 3.92. The molecular weight excluding hydrogens is 205 g/mol. The first-order valence-corrected chi connectivity index (χ1v) is 5.21. The Morgan fingerprint density at radius 3 is 2.88 bits per heavy atom. The van der Waals surface area contributed by atoms with E-state index < -0.39 is 0 Å². The Labute approximate surface area is 93.7 Å². The van der Waals surface area contributed by atoms with Gasteiger partial charge in [-0.3, -0.25) is 0 Å². The van der Waals surface area contributed by atoms with Crippen molar-refractivity contribution >= 4 is 0 Å². The SMILES string of the molecule is CC(N)Cc1ccc(-n2cccn2)c(F)c1. The number of rotatable bonds is 3. The molecule has 0 fully saturated rings. The first-order chi connectivity index (χ1) is 7.66. The highest BCUT2D eigenvalue weighted by molar-refractivity contribution is 5.35. The van der Waals surface area contributed by atoms with E-state index in [0.29, 0.717) is 12.1 Å². The molecule has 2 aromatic rings.